The summed E-state index contributed by atoms with van der Waals surface area (Å²) in [5, 5.41) is -0.0390. The smallest absolute Gasteiger partial charge is 0.278 e. The zero-order valence-corrected chi connectivity index (χ0v) is 27.7. The standard InChI is InChI=1S/C26H40FN4O5PS2Si/c1-15(2)16-9-10-26(6)18(11-16)35-37(38,39-26)36-21-17(12-33-40(7,8)25(3,4)5)34-24(19(21)27)31-14-30-20-22(31)28-13-29-23(20)32/h13-14,16-19,21,24H,1,9-12H2,2-8H3,(H,28,29,32)/t16-,17-,18+,19-,21-,24-,26+,37?/m1/s1. The van der Waals surface area contributed by atoms with Crippen molar-refractivity contribution in [1.29, 1.82) is 0 Å². The van der Waals surface area contributed by atoms with E-state index in [9.17, 15) is 4.79 Å². The number of aromatic amines is 1. The molecule has 2 aromatic rings. The molecule has 3 fully saturated rings. The Morgan fingerprint density at radius 1 is 1.43 bits per heavy atom. The molecule has 2 saturated heterocycles. The van der Waals surface area contributed by atoms with Crippen LogP contribution in [0.3, 0.4) is 0 Å². The number of hydrogen-bond acceptors (Lipinski definition) is 9. The van der Waals surface area contributed by atoms with Crippen molar-refractivity contribution in [3.05, 3.63) is 35.2 Å². The lowest BCUT2D eigenvalue weighted by Gasteiger charge is -2.37. The fraction of sp³-hybridized carbons (Fsp3) is 0.731. The van der Waals surface area contributed by atoms with Gasteiger partial charge in [-0.15, -0.1) is 0 Å². The van der Waals surface area contributed by atoms with Gasteiger partial charge in [0.15, 0.2) is 31.9 Å². The second-order valence-electron chi connectivity index (χ2n) is 13.0. The summed E-state index contributed by atoms with van der Waals surface area (Å²) in [5.74, 6) is 0.379. The van der Waals surface area contributed by atoms with E-state index in [2.05, 4.69) is 69.2 Å². The summed E-state index contributed by atoms with van der Waals surface area (Å²) >= 11 is 7.58. The first-order valence-corrected chi connectivity index (χ1v) is 20.7. The summed E-state index contributed by atoms with van der Waals surface area (Å²) in [6.45, 7) is 19.3. The molecule has 5 rings (SSSR count). The van der Waals surface area contributed by atoms with E-state index < -0.39 is 44.2 Å². The van der Waals surface area contributed by atoms with Crippen molar-refractivity contribution < 1.29 is 22.6 Å². The van der Waals surface area contributed by atoms with Crippen LogP contribution in [0, 0.1) is 5.92 Å². The van der Waals surface area contributed by atoms with E-state index in [0.29, 0.717) is 5.92 Å². The highest BCUT2D eigenvalue weighted by molar-refractivity contribution is 8.68. The average molecular weight is 631 g/mol. The Morgan fingerprint density at radius 2 is 2.15 bits per heavy atom. The molecule has 4 heterocycles. The zero-order valence-electron chi connectivity index (χ0n) is 24.2. The number of H-pyrrole nitrogens is 1. The molecule has 0 amide bonds. The second kappa shape index (κ2) is 10.7. The third-order valence-electron chi connectivity index (χ3n) is 9.01. The van der Waals surface area contributed by atoms with Crippen LogP contribution in [0.2, 0.25) is 18.1 Å². The molecular weight excluding hydrogens is 591 g/mol. The Hall–Kier alpha value is -0.923. The SMILES string of the molecule is C=C(C)[C@@H]1CC[C@]2(C)SP(=S)(O[C@H]3[C@@H](F)[C@H](n4cnc5c(=O)[nH]cnc54)O[C@@H]3CO[Si](C)(C)C(C)(C)C)O[C@H]2C1. The Balaban J connectivity index is 1.42. The van der Waals surface area contributed by atoms with E-state index >= 15 is 4.39 Å². The quantitative estimate of drug-likeness (QED) is 0.216. The summed E-state index contributed by atoms with van der Waals surface area (Å²) < 4.78 is 43.5. The van der Waals surface area contributed by atoms with E-state index in [0.717, 1.165) is 24.8 Å². The van der Waals surface area contributed by atoms with Gasteiger partial charge in [-0.2, -0.15) is 0 Å². The van der Waals surface area contributed by atoms with Crippen molar-refractivity contribution in [2.24, 2.45) is 5.92 Å². The molecule has 1 N–H and O–H groups in total. The van der Waals surface area contributed by atoms with Crippen LogP contribution in [0.1, 0.15) is 60.1 Å². The third kappa shape index (κ3) is 5.57. The number of hydrogen-bond donors (Lipinski definition) is 1. The van der Waals surface area contributed by atoms with Crippen LogP contribution in [0.4, 0.5) is 4.39 Å². The lowest BCUT2D eigenvalue weighted by molar-refractivity contribution is -0.0413. The van der Waals surface area contributed by atoms with Crippen LogP contribution >= 0.6 is 17.1 Å². The predicted molar refractivity (Wildman–Crippen MR) is 162 cm³/mol. The van der Waals surface area contributed by atoms with E-state index in [1.165, 1.54) is 17.2 Å². The number of nitrogens with zero attached hydrogens (tertiary/aromatic N) is 3. The minimum Gasteiger partial charge on any atom is -0.414 e. The van der Waals surface area contributed by atoms with Crippen molar-refractivity contribution in [2.75, 3.05) is 6.61 Å². The molecule has 1 saturated carbocycles. The maximum atomic E-state index is 16.4. The van der Waals surface area contributed by atoms with Crippen molar-refractivity contribution in [3.8, 4) is 0 Å². The molecule has 0 bridgehead atoms. The first-order chi connectivity index (χ1) is 18.5. The molecule has 40 heavy (non-hydrogen) atoms. The molecule has 0 aromatic carbocycles. The summed E-state index contributed by atoms with van der Waals surface area (Å²) in [7, 11) is -2.18. The Bertz CT molecular complexity index is 1400. The average Bonchev–Trinajstić information content (AvgIpc) is 3.48. The van der Waals surface area contributed by atoms with Gasteiger partial charge in [0.2, 0.25) is 5.69 Å². The Morgan fingerprint density at radius 3 is 2.83 bits per heavy atom. The number of imidazole rings is 1. The third-order valence-corrected chi connectivity index (χ3v) is 19.3. The number of ether oxygens (including phenoxy) is 1. The monoisotopic (exact) mass is 630 g/mol. The number of fused-ring (bicyclic) bond motifs is 2. The van der Waals surface area contributed by atoms with E-state index in [1.54, 1.807) is 11.4 Å². The van der Waals surface area contributed by atoms with Crippen LogP contribution in [0.5, 0.6) is 0 Å². The molecule has 0 radical (unpaired) electrons. The number of nitrogens with one attached hydrogen (secondary N) is 1. The van der Waals surface area contributed by atoms with Crippen molar-refractivity contribution in [3.63, 3.8) is 0 Å². The van der Waals surface area contributed by atoms with Crippen molar-refractivity contribution >= 4 is 48.4 Å². The molecule has 2 aliphatic heterocycles. The number of aromatic nitrogens is 4. The highest BCUT2D eigenvalue weighted by Crippen LogP contribution is 2.76. The summed E-state index contributed by atoms with van der Waals surface area (Å²) in [6.07, 6.45) is 0.875. The van der Waals surface area contributed by atoms with Crippen molar-refractivity contribution in [1.82, 2.24) is 19.5 Å². The van der Waals surface area contributed by atoms with E-state index in [4.69, 9.17) is 30.0 Å². The molecule has 222 valence electrons. The summed E-state index contributed by atoms with van der Waals surface area (Å²) in [6, 6.07) is 0. The normalized spacial score (nSPS) is 36.7. The van der Waals surface area contributed by atoms with Crippen LogP contribution in [-0.2, 0) is 30.0 Å². The van der Waals surface area contributed by atoms with E-state index in [-0.39, 0.29) is 33.7 Å². The molecular formula is C26H40FN4O5PS2Si. The first kappa shape index (κ1) is 30.5. The van der Waals surface area contributed by atoms with Gasteiger partial charge in [0.05, 0.1) is 25.4 Å². The van der Waals surface area contributed by atoms with Crippen LogP contribution < -0.4 is 5.56 Å². The summed E-state index contributed by atoms with van der Waals surface area (Å²) in [4.78, 5) is 23.1. The number of allylic oxidation sites excluding steroid dienone is 1. The van der Waals surface area contributed by atoms with Gasteiger partial charge in [0.25, 0.3) is 5.56 Å². The van der Waals surface area contributed by atoms with E-state index in [1.807, 2.05) is 0 Å². The molecule has 1 aliphatic carbocycles. The van der Waals surface area contributed by atoms with Gasteiger partial charge in [0.1, 0.15) is 12.2 Å². The minimum absolute atomic E-state index is 0.0390. The summed E-state index contributed by atoms with van der Waals surface area (Å²) in [5.41, 5.74) is -1.82. The van der Waals surface area contributed by atoms with Gasteiger partial charge < -0.3 is 23.2 Å². The first-order valence-electron chi connectivity index (χ1n) is 13.7. The molecule has 2 aromatic heterocycles. The lowest BCUT2D eigenvalue weighted by atomic mass is 9.77. The van der Waals surface area contributed by atoms with Gasteiger partial charge >= 0.3 is 0 Å². The van der Waals surface area contributed by atoms with Gasteiger partial charge in [-0.05, 0) is 69.0 Å². The highest BCUT2D eigenvalue weighted by atomic mass is 32.9. The number of rotatable bonds is 7. The van der Waals surface area contributed by atoms with Crippen LogP contribution in [0.25, 0.3) is 11.2 Å². The van der Waals surface area contributed by atoms with Crippen molar-refractivity contribution in [2.45, 2.75) is 107 Å². The number of alkyl halides is 1. The van der Waals surface area contributed by atoms with Gasteiger partial charge in [-0.25, -0.2) is 14.4 Å². The Labute approximate surface area is 245 Å². The Kier molecular flexibility index (Phi) is 8.14. The van der Waals surface area contributed by atoms with Crippen LogP contribution in [0.15, 0.2) is 29.6 Å². The number of halogens is 1. The van der Waals surface area contributed by atoms with Crippen LogP contribution in [-0.4, -0.2) is 63.7 Å². The molecule has 0 spiro atoms. The second-order valence-corrected chi connectivity index (χ2v) is 24.3. The predicted octanol–water partition coefficient (Wildman–Crippen LogP) is 6.25. The molecule has 3 aliphatic rings. The highest BCUT2D eigenvalue weighted by Gasteiger charge is 2.57. The van der Waals surface area contributed by atoms with Gasteiger partial charge in [0, 0.05) is 4.75 Å². The molecule has 8 atom stereocenters. The minimum atomic E-state index is -2.92. The van der Waals surface area contributed by atoms with Gasteiger partial charge in [-0.1, -0.05) is 44.3 Å². The largest absolute Gasteiger partial charge is 0.414 e. The zero-order chi connectivity index (χ0) is 29.3. The topological polar surface area (TPSA) is 100 Å². The van der Waals surface area contributed by atoms with Gasteiger partial charge in [-0.3, -0.25) is 9.36 Å². The maximum Gasteiger partial charge on any atom is 0.278 e. The molecule has 9 nitrogen and oxygen atoms in total. The lowest BCUT2D eigenvalue weighted by Crippen LogP contribution is -2.44. The fourth-order valence-corrected chi connectivity index (χ4v) is 13.9. The maximum absolute atomic E-state index is 16.4. The fourth-order valence-electron chi connectivity index (χ4n) is 5.32. The molecule has 1 unspecified atom stereocenters. The molecule has 14 heteroatoms.